The summed E-state index contributed by atoms with van der Waals surface area (Å²) in [5, 5.41) is 2.91. The smallest absolute Gasteiger partial charge is 0.413 e. The van der Waals surface area contributed by atoms with Crippen LogP contribution in [0.2, 0.25) is 5.02 Å². The van der Waals surface area contributed by atoms with E-state index < -0.39 is 18.1 Å². The van der Waals surface area contributed by atoms with Gasteiger partial charge in [0, 0.05) is 5.02 Å². The van der Waals surface area contributed by atoms with E-state index in [0.717, 1.165) is 5.56 Å². The lowest BCUT2D eigenvalue weighted by Crippen LogP contribution is -2.40. The first-order valence-corrected chi connectivity index (χ1v) is 5.64. The summed E-state index contributed by atoms with van der Waals surface area (Å²) in [6.07, 6.45) is -0.724. The van der Waals surface area contributed by atoms with Crippen LogP contribution in [0.25, 0.3) is 0 Å². The molecule has 1 aromatic carbocycles. The summed E-state index contributed by atoms with van der Waals surface area (Å²) in [7, 11) is 1.25. The Hall–Kier alpha value is -1.75. The van der Waals surface area contributed by atoms with Crippen LogP contribution >= 0.6 is 11.6 Å². The molecule has 5 nitrogen and oxygen atoms in total. The number of hydrogen-bond donors (Lipinski definition) is 1. The number of methoxy groups -OCH3 is 1. The number of amides is 1. The SMILES string of the molecule is COC(=O)[C@H](C)NC(=O)Oc1ccc(Cl)cc1C. The molecule has 0 saturated carbocycles. The fraction of sp³-hybridized carbons (Fsp3) is 0.333. The van der Waals surface area contributed by atoms with E-state index in [-0.39, 0.29) is 0 Å². The molecule has 0 spiro atoms. The molecule has 0 heterocycles. The lowest BCUT2D eigenvalue weighted by atomic mass is 10.2. The van der Waals surface area contributed by atoms with Gasteiger partial charge in [0.05, 0.1) is 7.11 Å². The van der Waals surface area contributed by atoms with Gasteiger partial charge in [-0.05, 0) is 37.6 Å². The van der Waals surface area contributed by atoms with Gasteiger partial charge in [-0.15, -0.1) is 0 Å². The minimum atomic E-state index is -0.768. The topological polar surface area (TPSA) is 64.6 Å². The fourth-order valence-electron chi connectivity index (χ4n) is 1.27. The summed E-state index contributed by atoms with van der Waals surface area (Å²) < 4.78 is 9.52. The molecule has 0 saturated heterocycles. The second-order valence-electron chi connectivity index (χ2n) is 3.69. The Labute approximate surface area is 110 Å². The van der Waals surface area contributed by atoms with Crippen molar-refractivity contribution in [3.05, 3.63) is 28.8 Å². The summed E-state index contributed by atoms with van der Waals surface area (Å²) in [6, 6.07) is 4.10. The van der Waals surface area contributed by atoms with E-state index in [4.69, 9.17) is 16.3 Å². The molecule has 1 aromatic rings. The Kier molecular flexibility index (Phi) is 4.97. The van der Waals surface area contributed by atoms with E-state index in [9.17, 15) is 9.59 Å². The van der Waals surface area contributed by atoms with E-state index in [0.29, 0.717) is 10.8 Å². The Bertz CT molecular complexity index is 461. The molecule has 18 heavy (non-hydrogen) atoms. The molecule has 1 amide bonds. The number of esters is 1. The molecule has 1 N–H and O–H groups in total. The molecule has 0 aliphatic heterocycles. The van der Waals surface area contributed by atoms with Crippen LogP contribution in [0.15, 0.2) is 18.2 Å². The number of carbonyl (C=O) groups is 2. The molecule has 0 aliphatic rings. The lowest BCUT2D eigenvalue weighted by molar-refractivity contribution is -0.142. The van der Waals surface area contributed by atoms with Crippen LogP contribution in [0, 0.1) is 6.92 Å². The molecule has 0 radical (unpaired) electrons. The van der Waals surface area contributed by atoms with Crippen molar-refractivity contribution in [1.82, 2.24) is 5.32 Å². The van der Waals surface area contributed by atoms with Gasteiger partial charge < -0.3 is 14.8 Å². The third kappa shape index (κ3) is 3.92. The highest BCUT2D eigenvalue weighted by Gasteiger charge is 2.17. The maximum atomic E-state index is 11.5. The second kappa shape index (κ2) is 6.26. The summed E-state index contributed by atoms with van der Waals surface area (Å²) in [6.45, 7) is 3.26. The highest BCUT2D eigenvalue weighted by molar-refractivity contribution is 6.30. The van der Waals surface area contributed by atoms with Gasteiger partial charge in [0.1, 0.15) is 11.8 Å². The standard InChI is InChI=1S/C12H14ClNO4/c1-7-6-9(13)4-5-10(7)18-12(16)14-8(2)11(15)17-3/h4-6,8H,1-3H3,(H,14,16)/t8-/m0/s1. The van der Waals surface area contributed by atoms with Gasteiger partial charge in [-0.25, -0.2) is 9.59 Å². The molecule has 0 unspecified atom stereocenters. The quantitative estimate of drug-likeness (QED) is 0.857. The molecule has 0 aliphatic carbocycles. The monoisotopic (exact) mass is 271 g/mol. The van der Waals surface area contributed by atoms with Crippen LogP contribution in [-0.2, 0) is 9.53 Å². The molecule has 1 atom stereocenters. The van der Waals surface area contributed by atoms with Crippen molar-refractivity contribution in [2.75, 3.05) is 7.11 Å². The summed E-state index contributed by atoms with van der Waals surface area (Å²) >= 11 is 5.78. The lowest BCUT2D eigenvalue weighted by Gasteiger charge is -2.12. The van der Waals surface area contributed by atoms with Gasteiger partial charge >= 0.3 is 12.1 Å². The minimum absolute atomic E-state index is 0.383. The molecule has 0 bridgehead atoms. The highest BCUT2D eigenvalue weighted by atomic mass is 35.5. The summed E-state index contributed by atoms with van der Waals surface area (Å²) in [4.78, 5) is 22.6. The predicted octanol–water partition coefficient (Wildman–Crippen LogP) is 2.30. The number of halogens is 1. The van der Waals surface area contributed by atoms with Crippen LogP contribution in [0.1, 0.15) is 12.5 Å². The summed E-state index contributed by atoms with van der Waals surface area (Å²) in [5.74, 6) is -0.159. The minimum Gasteiger partial charge on any atom is -0.467 e. The Morgan fingerprint density at radius 2 is 2.06 bits per heavy atom. The average Bonchev–Trinajstić information content (AvgIpc) is 2.31. The van der Waals surface area contributed by atoms with E-state index in [2.05, 4.69) is 10.1 Å². The van der Waals surface area contributed by atoms with Crippen LogP contribution in [0.4, 0.5) is 4.79 Å². The van der Waals surface area contributed by atoms with Crippen molar-refractivity contribution in [2.45, 2.75) is 19.9 Å². The van der Waals surface area contributed by atoms with E-state index >= 15 is 0 Å². The average molecular weight is 272 g/mol. The Morgan fingerprint density at radius 3 is 2.61 bits per heavy atom. The molecular formula is C12H14ClNO4. The zero-order valence-corrected chi connectivity index (χ0v) is 11.1. The molecule has 6 heteroatoms. The van der Waals surface area contributed by atoms with Crippen molar-refractivity contribution in [3.63, 3.8) is 0 Å². The zero-order valence-electron chi connectivity index (χ0n) is 10.3. The van der Waals surface area contributed by atoms with Gasteiger partial charge in [-0.2, -0.15) is 0 Å². The van der Waals surface area contributed by atoms with Crippen LogP contribution in [0.5, 0.6) is 5.75 Å². The maximum absolute atomic E-state index is 11.5. The van der Waals surface area contributed by atoms with Crippen molar-refractivity contribution in [1.29, 1.82) is 0 Å². The van der Waals surface area contributed by atoms with Crippen molar-refractivity contribution in [2.24, 2.45) is 0 Å². The summed E-state index contributed by atoms with van der Waals surface area (Å²) in [5.41, 5.74) is 0.725. The van der Waals surface area contributed by atoms with Gasteiger partial charge in [-0.3, -0.25) is 0 Å². The van der Waals surface area contributed by atoms with Crippen LogP contribution in [0.3, 0.4) is 0 Å². The van der Waals surface area contributed by atoms with Gasteiger partial charge in [0.2, 0.25) is 0 Å². The van der Waals surface area contributed by atoms with E-state index in [1.165, 1.54) is 14.0 Å². The third-order valence-corrected chi connectivity index (χ3v) is 2.46. The van der Waals surface area contributed by atoms with Gasteiger partial charge in [-0.1, -0.05) is 11.6 Å². The predicted molar refractivity (Wildman–Crippen MR) is 66.8 cm³/mol. The Morgan fingerprint density at radius 1 is 1.39 bits per heavy atom. The van der Waals surface area contributed by atoms with Crippen molar-refractivity contribution < 1.29 is 19.1 Å². The number of aryl methyl sites for hydroxylation is 1. The molecule has 1 rings (SSSR count). The maximum Gasteiger partial charge on any atom is 0.413 e. The largest absolute Gasteiger partial charge is 0.467 e. The number of ether oxygens (including phenoxy) is 2. The van der Waals surface area contributed by atoms with Crippen molar-refractivity contribution >= 4 is 23.7 Å². The molecular weight excluding hydrogens is 258 g/mol. The molecule has 0 aromatic heterocycles. The zero-order chi connectivity index (χ0) is 13.7. The first-order chi connectivity index (χ1) is 8.43. The van der Waals surface area contributed by atoms with Crippen molar-refractivity contribution in [3.8, 4) is 5.75 Å². The van der Waals surface area contributed by atoms with Crippen LogP contribution < -0.4 is 10.1 Å². The second-order valence-corrected chi connectivity index (χ2v) is 4.12. The first kappa shape index (κ1) is 14.3. The van der Waals surface area contributed by atoms with Gasteiger partial charge in [0.25, 0.3) is 0 Å². The van der Waals surface area contributed by atoms with E-state index in [1.807, 2.05) is 0 Å². The van der Waals surface area contributed by atoms with Gasteiger partial charge in [0.15, 0.2) is 0 Å². The Balaban J connectivity index is 2.62. The number of benzene rings is 1. The first-order valence-electron chi connectivity index (χ1n) is 5.26. The molecule has 0 fully saturated rings. The fourth-order valence-corrected chi connectivity index (χ4v) is 1.50. The van der Waals surface area contributed by atoms with Crippen LogP contribution in [-0.4, -0.2) is 25.2 Å². The number of hydrogen-bond acceptors (Lipinski definition) is 4. The number of carbonyl (C=O) groups excluding carboxylic acids is 2. The molecule has 98 valence electrons. The third-order valence-electron chi connectivity index (χ3n) is 2.23. The highest BCUT2D eigenvalue weighted by Crippen LogP contribution is 2.21. The number of nitrogens with one attached hydrogen (secondary N) is 1. The normalized spacial score (nSPS) is 11.6. The number of rotatable bonds is 3. The van der Waals surface area contributed by atoms with E-state index in [1.54, 1.807) is 25.1 Å².